The molecule has 102 valence electrons. The molecule has 0 rings (SSSR count). The molecule has 0 bridgehead atoms. The predicted octanol–water partition coefficient (Wildman–Crippen LogP) is -2.96. The first-order valence-corrected chi connectivity index (χ1v) is 5.71. The van der Waals surface area contributed by atoms with E-state index in [4.69, 9.17) is 30.2 Å². The van der Waals surface area contributed by atoms with Crippen molar-refractivity contribution in [1.29, 1.82) is 0 Å². The van der Waals surface area contributed by atoms with Crippen LogP contribution in [-0.4, -0.2) is 67.3 Å². The Morgan fingerprint density at radius 3 is 2.00 bits per heavy atom. The summed E-state index contributed by atoms with van der Waals surface area (Å²) in [6.45, 7) is -1.03. The van der Waals surface area contributed by atoms with Gasteiger partial charge < -0.3 is 30.2 Å². The van der Waals surface area contributed by atoms with Gasteiger partial charge in [-0.3, -0.25) is 9.32 Å². The van der Waals surface area contributed by atoms with E-state index in [0.717, 1.165) is 0 Å². The third-order valence-electron chi connectivity index (χ3n) is 1.72. The summed E-state index contributed by atoms with van der Waals surface area (Å²) in [5.41, 5.74) is 0. The van der Waals surface area contributed by atoms with Gasteiger partial charge >= 0.3 is 13.9 Å². The molecule has 9 nitrogen and oxygen atoms in total. The monoisotopic (exact) mass is 278 g/mol. The number of aliphatic hydroxyl groups excluding tert-OH is 4. The van der Waals surface area contributed by atoms with E-state index in [1.165, 1.54) is 0 Å². The maximum atomic E-state index is 12.4. The zero-order chi connectivity index (χ0) is 13.8. The number of phosphoric acid groups is 1. The van der Waals surface area contributed by atoms with Gasteiger partial charge in [0.1, 0.15) is 18.3 Å². The van der Waals surface area contributed by atoms with Gasteiger partial charge in [0.15, 0.2) is 6.10 Å². The van der Waals surface area contributed by atoms with Gasteiger partial charge in [-0.15, -0.1) is 0 Å². The number of aliphatic hydroxyl groups is 4. The molecule has 0 heterocycles. The number of rotatable bonds is 7. The molecule has 0 aliphatic heterocycles. The first-order chi connectivity index (χ1) is 7.60. The standard InChI is InChI=1S/C6H12FO9P/c7-6(12)5(16-17(13,14)15)4(11)3(10)2(9)1-8/h2-5,8-11H,1H2,(H2,13,14,15)/t2-,3-,4+,5-/m1/s1. The molecule has 11 heteroatoms. The second-order valence-corrected chi connectivity index (χ2v) is 4.24. The van der Waals surface area contributed by atoms with Crippen molar-refractivity contribution >= 4 is 13.9 Å². The quantitative estimate of drug-likeness (QED) is 0.211. The molecular formula is C6H12FO9P. The molecule has 6 N–H and O–H groups in total. The van der Waals surface area contributed by atoms with Gasteiger partial charge in [0.05, 0.1) is 6.61 Å². The molecule has 0 aliphatic rings. The Bertz CT molecular complexity index is 304. The molecule has 0 aromatic heterocycles. The lowest BCUT2D eigenvalue weighted by Gasteiger charge is -2.25. The maximum absolute atomic E-state index is 12.4. The summed E-state index contributed by atoms with van der Waals surface area (Å²) in [4.78, 5) is 27.0. The summed E-state index contributed by atoms with van der Waals surface area (Å²) < 4.78 is 26.3. The Kier molecular flexibility index (Phi) is 6.30. The molecule has 0 fully saturated rings. The summed E-state index contributed by atoms with van der Waals surface area (Å²) >= 11 is 0. The zero-order valence-electron chi connectivity index (χ0n) is 8.25. The van der Waals surface area contributed by atoms with Crippen LogP contribution in [0.2, 0.25) is 0 Å². The largest absolute Gasteiger partial charge is 0.470 e. The van der Waals surface area contributed by atoms with E-state index in [2.05, 4.69) is 4.52 Å². The molecule has 0 saturated heterocycles. The van der Waals surface area contributed by atoms with Crippen LogP contribution >= 0.6 is 7.82 Å². The van der Waals surface area contributed by atoms with Gasteiger partial charge in [-0.1, -0.05) is 0 Å². The molecule has 0 amide bonds. The topological polar surface area (TPSA) is 165 Å². The van der Waals surface area contributed by atoms with E-state index < -0.39 is 44.9 Å². The van der Waals surface area contributed by atoms with Crippen molar-refractivity contribution in [3.8, 4) is 0 Å². The van der Waals surface area contributed by atoms with Gasteiger partial charge in [-0.25, -0.2) is 4.57 Å². The Balaban J connectivity index is 4.83. The van der Waals surface area contributed by atoms with Crippen LogP contribution in [0.1, 0.15) is 0 Å². The van der Waals surface area contributed by atoms with E-state index in [1.807, 2.05) is 0 Å². The fourth-order valence-corrected chi connectivity index (χ4v) is 1.40. The number of carbonyl (C=O) groups is 1. The van der Waals surface area contributed by atoms with Crippen LogP contribution in [0.5, 0.6) is 0 Å². The third kappa shape index (κ3) is 5.61. The van der Waals surface area contributed by atoms with Gasteiger partial charge in [-0.2, -0.15) is 4.39 Å². The average molecular weight is 278 g/mol. The van der Waals surface area contributed by atoms with E-state index in [0.29, 0.717) is 0 Å². The number of phosphoric ester groups is 1. The molecule has 0 aromatic rings. The van der Waals surface area contributed by atoms with Crippen LogP contribution in [0.25, 0.3) is 0 Å². The Hall–Kier alpha value is -0.450. The lowest BCUT2D eigenvalue weighted by Crippen LogP contribution is -2.48. The van der Waals surface area contributed by atoms with Crippen molar-refractivity contribution in [2.24, 2.45) is 0 Å². The minimum Gasteiger partial charge on any atom is -0.394 e. The lowest BCUT2D eigenvalue weighted by molar-refractivity contribution is -0.155. The van der Waals surface area contributed by atoms with Crippen LogP contribution in [-0.2, 0) is 13.9 Å². The van der Waals surface area contributed by atoms with Crippen molar-refractivity contribution < 1.29 is 48.5 Å². The fraction of sp³-hybridized carbons (Fsp3) is 0.833. The van der Waals surface area contributed by atoms with Crippen molar-refractivity contribution in [3.05, 3.63) is 0 Å². The van der Waals surface area contributed by atoms with Crippen molar-refractivity contribution in [2.75, 3.05) is 6.61 Å². The Labute approximate surface area is 94.3 Å². The molecule has 0 radical (unpaired) electrons. The predicted molar refractivity (Wildman–Crippen MR) is 48.1 cm³/mol. The molecule has 0 spiro atoms. The van der Waals surface area contributed by atoms with Crippen LogP contribution in [0.4, 0.5) is 4.39 Å². The lowest BCUT2D eigenvalue weighted by atomic mass is 10.0. The van der Waals surface area contributed by atoms with E-state index >= 15 is 0 Å². The second-order valence-electron chi connectivity index (χ2n) is 3.05. The molecule has 0 aromatic carbocycles. The van der Waals surface area contributed by atoms with Crippen molar-refractivity contribution in [2.45, 2.75) is 24.4 Å². The van der Waals surface area contributed by atoms with Gasteiger partial charge in [0.2, 0.25) is 0 Å². The summed E-state index contributed by atoms with van der Waals surface area (Å²) in [5, 5.41) is 35.5. The number of hydrogen-bond donors (Lipinski definition) is 6. The average Bonchev–Trinajstić information content (AvgIpc) is 2.21. The van der Waals surface area contributed by atoms with Gasteiger partial charge in [0.25, 0.3) is 0 Å². The highest BCUT2D eigenvalue weighted by Gasteiger charge is 2.40. The normalized spacial score (nSPS) is 19.5. The fourth-order valence-electron chi connectivity index (χ4n) is 0.901. The van der Waals surface area contributed by atoms with E-state index in [9.17, 15) is 13.8 Å². The van der Waals surface area contributed by atoms with E-state index in [1.54, 1.807) is 0 Å². The highest BCUT2D eigenvalue weighted by Crippen LogP contribution is 2.39. The highest BCUT2D eigenvalue weighted by molar-refractivity contribution is 7.46. The minimum absolute atomic E-state index is 1.03. The Morgan fingerprint density at radius 2 is 1.71 bits per heavy atom. The maximum Gasteiger partial charge on any atom is 0.470 e. The van der Waals surface area contributed by atoms with E-state index in [-0.39, 0.29) is 0 Å². The summed E-state index contributed by atoms with van der Waals surface area (Å²) in [7, 11) is -5.28. The van der Waals surface area contributed by atoms with Crippen LogP contribution in [0.15, 0.2) is 0 Å². The first kappa shape index (κ1) is 16.6. The van der Waals surface area contributed by atoms with Gasteiger partial charge in [-0.05, 0) is 0 Å². The second kappa shape index (κ2) is 6.47. The number of hydrogen-bond acceptors (Lipinski definition) is 7. The summed E-state index contributed by atoms with van der Waals surface area (Å²) in [5.74, 6) is 0. The Morgan fingerprint density at radius 1 is 1.24 bits per heavy atom. The third-order valence-corrected chi connectivity index (χ3v) is 2.22. The molecule has 0 unspecified atom stereocenters. The van der Waals surface area contributed by atoms with Gasteiger partial charge in [0, 0.05) is 0 Å². The minimum atomic E-state index is -5.28. The molecular weight excluding hydrogens is 266 g/mol. The van der Waals surface area contributed by atoms with Crippen LogP contribution in [0.3, 0.4) is 0 Å². The zero-order valence-corrected chi connectivity index (χ0v) is 9.14. The summed E-state index contributed by atoms with van der Waals surface area (Å²) in [6, 6.07) is -2.45. The SMILES string of the molecule is O=C(F)[C@H](OP(=O)(O)O)[C@@H](O)[C@H](O)[C@H](O)CO. The first-order valence-electron chi connectivity index (χ1n) is 4.18. The van der Waals surface area contributed by atoms with Crippen molar-refractivity contribution in [1.82, 2.24) is 0 Å². The number of halogens is 1. The highest BCUT2D eigenvalue weighted by atomic mass is 31.2. The van der Waals surface area contributed by atoms with Crippen LogP contribution in [0, 0.1) is 0 Å². The summed E-state index contributed by atoms with van der Waals surface area (Å²) in [6.07, 6.45) is -9.29. The molecule has 0 saturated carbocycles. The molecule has 4 atom stereocenters. The number of carbonyl (C=O) groups excluding carboxylic acids is 1. The van der Waals surface area contributed by atoms with Crippen molar-refractivity contribution in [3.63, 3.8) is 0 Å². The molecule has 17 heavy (non-hydrogen) atoms. The van der Waals surface area contributed by atoms with Crippen LogP contribution < -0.4 is 0 Å². The smallest absolute Gasteiger partial charge is 0.394 e. The molecule has 0 aliphatic carbocycles.